The average molecular weight is 357 g/mol. The molecule has 0 amide bonds. The van der Waals surface area contributed by atoms with Crippen molar-refractivity contribution in [3.63, 3.8) is 0 Å². The van der Waals surface area contributed by atoms with Crippen molar-refractivity contribution in [3.05, 3.63) is 46.1 Å². The quantitative estimate of drug-likeness (QED) is 0.597. The minimum absolute atomic E-state index is 0.547. The highest BCUT2D eigenvalue weighted by molar-refractivity contribution is 7.80. The van der Waals surface area contributed by atoms with Gasteiger partial charge in [-0.15, -0.1) is 0 Å². The van der Waals surface area contributed by atoms with Gasteiger partial charge in [-0.1, -0.05) is 42.6 Å². The number of halogens is 2. The second-order valence-electron chi connectivity index (χ2n) is 4.88. The third-order valence-corrected chi connectivity index (χ3v) is 4.01. The molecular formula is C15H18Cl2N4S. The highest BCUT2D eigenvalue weighted by Crippen LogP contribution is 2.23. The fourth-order valence-electron chi connectivity index (χ4n) is 1.88. The molecule has 2 aromatic rings. The van der Waals surface area contributed by atoms with Gasteiger partial charge in [0.2, 0.25) is 0 Å². The summed E-state index contributed by atoms with van der Waals surface area (Å²) in [6.45, 7) is 3.63. The smallest absolute Gasteiger partial charge is 0.171 e. The lowest BCUT2D eigenvalue weighted by molar-refractivity contribution is 0.689. The van der Waals surface area contributed by atoms with E-state index in [1.165, 1.54) is 0 Å². The van der Waals surface area contributed by atoms with Crippen LogP contribution in [0.4, 0.5) is 5.82 Å². The Morgan fingerprint density at radius 2 is 2.09 bits per heavy atom. The lowest BCUT2D eigenvalue weighted by Crippen LogP contribution is -2.29. The number of thiocarbonyl (C=S) groups is 1. The van der Waals surface area contributed by atoms with Crippen LogP contribution < -0.4 is 10.6 Å². The predicted molar refractivity (Wildman–Crippen MR) is 96.9 cm³/mol. The number of rotatable bonds is 6. The zero-order chi connectivity index (χ0) is 15.9. The van der Waals surface area contributed by atoms with Gasteiger partial charge in [0, 0.05) is 18.8 Å². The molecule has 0 aliphatic carbocycles. The number of hydrogen-bond acceptors (Lipinski definition) is 2. The Kier molecular flexibility index (Phi) is 6.49. The van der Waals surface area contributed by atoms with E-state index in [9.17, 15) is 0 Å². The van der Waals surface area contributed by atoms with Crippen LogP contribution in [-0.4, -0.2) is 21.4 Å². The van der Waals surface area contributed by atoms with Crippen LogP contribution in [0.25, 0.3) is 0 Å². The van der Waals surface area contributed by atoms with Crippen LogP contribution in [0.2, 0.25) is 10.0 Å². The van der Waals surface area contributed by atoms with E-state index in [2.05, 4.69) is 22.7 Å². The normalized spacial score (nSPS) is 10.5. The first-order valence-electron chi connectivity index (χ1n) is 7.10. The summed E-state index contributed by atoms with van der Waals surface area (Å²) in [7, 11) is 0. The Morgan fingerprint density at radius 1 is 1.27 bits per heavy atom. The first kappa shape index (κ1) is 17.1. The summed E-state index contributed by atoms with van der Waals surface area (Å²) < 4.78 is 1.82. The van der Waals surface area contributed by atoms with E-state index in [4.69, 9.17) is 35.4 Å². The molecule has 1 aromatic heterocycles. The van der Waals surface area contributed by atoms with Gasteiger partial charge in [0.15, 0.2) is 10.9 Å². The van der Waals surface area contributed by atoms with Crippen molar-refractivity contribution >= 4 is 46.4 Å². The summed E-state index contributed by atoms with van der Waals surface area (Å²) in [5.74, 6) is 0.717. The van der Waals surface area contributed by atoms with Crippen molar-refractivity contribution < 1.29 is 0 Å². The number of anilines is 1. The zero-order valence-electron chi connectivity index (χ0n) is 12.3. The highest BCUT2D eigenvalue weighted by Gasteiger charge is 2.04. The third kappa shape index (κ3) is 5.16. The van der Waals surface area contributed by atoms with Gasteiger partial charge in [-0.3, -0.25) is 4.68 Å². The number of nitrogens with one attached hydrogen (secondary N) is 2. The summed E-state index contributed by atoms with van der Waals surface area (Å²) in [5.41, 5.74) is 1.03. The molecule has 0 aliphatic rings. The van der Waals surface area contributed by atoms with E-state index >= 15 is 0 Å². The Balaban J connectivity index is 1.90. The minimum atomic E-state index is 0.547. The van der Waals surface area contributed by atoms with Crippen LogP contribution in [0.5, 0.6) is 0 Å². The molecule has 2 rings (SSSR count). The van der Waals surface area contributed by atoms with Gasteiger partial charge >= 0.3 is 0 Å². The third-order valence-electron chi connectivity index (χ3n) is 3.03. The van der Waals surface area contributed by atoms with Crippen LogP contribution in [0.15, 0.2) is 30.5 Å². The maximum atomic E-state index is 6.02. The largest absolute Gasteiger partial charge is 0.362 e. The molecule has 0 saturated heterocycles. The van der Waals surface area contributed by atoms with E-state index in [-0.39, 0.29) is 0 Å². The van der Waals surface area contributed by atoms with Crippen LogP contribution in [0.3, 0.4) is 0 Å². The van der Waals surface area contributed by atoms with Crippen LogP contribution in [0, 0.1) is 0 Å². The monoisotopic (exact) mass is 356 g/mol. The van der Waals surface area contributed by atoms with Crippen LogP contribution in [0.1, 0.15) is 25.3 Å². The number of nitrogens with zero attached hydrogens (tertiary/aromatic N) is 2. The van der Waals surface area contributed by atoms with Gasteiger partial charge in [0.1, 0.15) is 0 Å². The second kappa shape index (κ2) is 8.36. The molecule has 0 saturated carbocycles. The molecule has 0 radical (unpaired) electrons. The van der Waals surface area contributed by atoms with E-state index in [1.807, 2.05) is 29.1 Å². The first-order valence-corrected chi connectivity index (χ1v) is 8.27. The number of hydrogen-bond donors (Lipinski definition) is 2. The molecule has 0 aliphatic heterocycles. The summed E-state index contributed by atoms with van der Waals surface area (Å²) in [6, 6.07) is 7.44. The fourth-order valence-corrected chi connectivity index (χ4v) is 2.41. The predicted octanol–water partition coefficient (Wildman–Crippen LogP) is 4.32. The minimum Gasteiger partial charge on any atom is -0.362 e. The molecular weight excluding hydrogens is 339 g/mol. The molecule has 118 valence electrons. The molecule has 0 fully saturated rings. The maximum Gasteiger partial charge on any atom is 0.171 e. The molecule has 0 spiro atoms. The number of unbranched alkanes of at least 4 members (excludes halogenated alkanes) is 1. The zero-order valence-corrected chi connectivity index (χ0v) is 14.6. The summed E-state index contributed by atoms with van der Waals surface area (Å²) in [6.07, 6.45) is 4.11. The van der Waals surface area contributed by atoms with Crippen molar-refractivity contribution in [3.8, 4) is 0 Å². The molecule has 1 aromatic carbocycles. The van der Waals surface area contributed by atoms with Gasteiger partial charge in [-0.05, 0) is 36.3 Å². The molecule has 1 heterocycles. The standard InChI is InChI=1S/C15H18Cl2N4S/c1-2-3-7-18-15(22)19-14-6-8-21(20-14)10-11-4-5-12(16)13(17)9-11/h4-6,8-9H,2-3,7,10H2,1H3,(H2,18,19,20,22). The van der Waals surface area contributed by atoms with Crippen LogP contribution >= 0.6 is 35.4 Å². The fraction of sp³-hybridized carbons (Fsp3) is 0.333. The van der Waals surface area contributed by atoms with E-state index in [0.717, 1.165) is 24.9 Å². The van der Waals surface area contributed by atoms with Crippen LogP contribution in [-0.2, 0) is 6.54 Å². The van der Waals surface area contributed by atoms with Crippen molar-refractivity contribution in [2.24, 2.45) is 0 Å². The van der Waals surface area contributed by atoms with E-state index in [1.54, 1.807) is 6.07 Å². The molecule has 2 N–H and O–H groups in total. The first-order chi connectivity index (χ1) is 10.6. The topological polar surface area (TPSA) is 41.9 Å². The van der Waals surface area contributed by atoms with Gasteiger partial charge in [0.05, 0.1) is 16.6 Å². The summed E-state index contributed by atoms with van der Waals surface area (Å²) in [5, 5.41) is 12.3. The second-order valence-corrected chi connectivity index (χ2v) is 6.10. The molecule has 4 nitrogen and oxygen atoms in total. The van der Waals surface area contributed by atoms with Crippen molar-refractivity contribution in [1.82, 2.24) is 15.1 Å². The van der Waals surface area contributed by atoms with Crippen molar-refractivity contribution in [2.45, 2.75) is 26.3 Å². The number of benzene rings is 1. The van der Waals surface area contributed by atoms with Gasteiger partial charge in [0.25, 0.3) is 0 Å². The van der Waals surface area contributed by atoms with E-state index < -0.39 is 0 Å². The molecule has 22 heavy (non-hydrogen) atoms. The Labute approximate surface area is 145 Å². The van der Waals surface area contributed by atoms with Gasteiger partial charge in [-0.2, -0.15) is 5.10 Å². The Hall–Kier alpha value is -1.30. The molecule has 0 unspecified atom stereocenters. The maximum absolute atomic E-state index is 6.02. The molecule has 7 heteroatoms. The number of aromatic nitrogens is 2. The van der Waals surface area contributed by atoms with Crippen molar-refractivity contribution in [1.29, 1.82) is 0 Å². The van der Waals surface area contributed by atoms with Crippen molar-refractivity contribution in [2.75, 3.05) is 11.9 Å². The summed E-state index contributed by atoms with van der Waals surface area (Å²) >= 11 is 17.1. The highest BCUT2D eigenvalue weighted by atomic mass is 35.5. The SMILES string of the molecule is CCCCNC(=S)Nc1ccn(Cc2ccc(Cl)c(Cl)c2)n1. The van der Waals surface area contributed by atoms with E-state index in [0.29, 0.717) is 27.5 Å². The van der Waals surface area contributed by atoms with Gasteiger partial charge in [-0.25, -0.2) is 0 Å². The molecule has 0 bridgehead atoms. The van der Waals surface area contributed by atoms with Gasteiger partial charge < -0.3 is 10.6 Å². The molecule has 0 atom stereocenters. The Morgan fingerprint density at radius 3 is 2.82 bits per heavy atom. The Bertz CT molecular complexity index is 642. The average Bonchev–Trinajstić information content (AvgIpc) is 2.90. The lowest BCUT2D eigenvalue weighted by Gasteiger charge is -2.07. The lowest BCUT2D eigenvalue weighted by atomic mass is 10.2. The summed E-state index contributed by atoms with van der Waals surface area (Å²) in [4.78, 5) is 0.